The molecule has 0 spiro atoms. The van der Waals surface area contributed by atoms with Crippen molar-refractivity contribution in [2.75, 3.05) is 0 Å². The van der Waals surface area contributed by atoms with E-state index in [0.717, 1.165) is 17.0 Å². The summed E-state index contributed by atoms with van der Waals surface area (Å²) in [6.45, 7) is 8.51. The summed E-state index contributed by atoms with van der Waals surface area (Å²) in [5, 5.41) is 0. The van der Waals surface area contributed by atoms with Crippen LogP contribution < -0.4 is 0 Å². The minimum absolute atomic E-state index is 0.0940. The third kappa shape index (κ3) is 1.39. The van der Waals surface area contributed by atoms with Crippen LogP contribution in [0.2, 0.25) is 0 Å². The molecule has 0 bridgehead atoms. The number of aromatic nitrogens is 3. The Morgan fingerprint density at radius 2 is 2.00 bits per heavy atom. The van der Waals surface area contributed by atoms with E-state index in [1.807, 2.05) is 17.5 Å². The van der Waals surface area contributed by atoms with Crippen molar-refractivity contribution in [2.45, 2.75) is 33.1 Å². The van der Waals surface area contributed by atoms with Crippen molar-refractivity contribution in [3.05, 3.63) is 30.1 Å². The van der Waals surface area contributed by atoms with Crippen molar-refractivity contribution in [1.29, 1.82) is 0 Å². The molecule has 3 heteroatoms. The molecule has 0 amide bonds. The smallest absolute Gasteiger partial charge is 0.111 e. The molecule has 0 aliphatic rings. The van der Waals surface area contributed by atoms with Crippen molar-refractivity contribution in [3.63, 3.8) is 0 Å². The zero-order chi connectivity index (χ0) is 10.3. The van der Waals surface area contributed by atoms with Gasteiger partial charge in [-0.15, -0.1) is 0 Å². The second-order valence-corrected chi connectivity index (χ2v) is 4.63. The van der Waals surface area contributed by atoms with Crippen LogP contribution in [0.5, 0.6) is 0 Å². The van der Waals surface area contributed by atoms with E-state index in [2.05, 4.69) is 36.8 Å². The topological polar surface area (TPSA) is 30.2 Å². The third-order valence-corrected chi connectivity index (χ3v) is 2.35. The van der Waals surface area contributed by atoms with E-state index >= 15 is 0 Å². The number of fused-ring (bicyclic) bond motifs is 1. The second-order valence-electron chi connectivity index (χ2n) is 4.63. The van der Waals surface area contributed by atoms with Gasteiger partial charge in [0.15, 0.2) is 0 Å². The maximum absolute atomic E-state index is 4.57. The summed E-state index contributed by atoms with van der Waals surface area (Å²) in [6, 6.07) is 2.10. The average Bonchev–Trinajstić information content (AvgIpc) is 2.50. The van der Waals surface area contributed by atoms with Gasteiger partial charge in [-0.2, -0.15) is 0 Å². The maximum Gasteiger partial charge on any atom is 0.111 e. The molecule has 0 radical (unpaired) electrons. The van der Waals surface area contributed by atoms with E-state index in [1.165, 1.54) is 0 Å². The Hall–Kier alpha value is -1.38. The Bertz CT molecular complexity index is 463. The normalized spacial score (nSPS) is 12.3. The summed E-state index contributed by atoms with van der Waals surface area (Å²) < 4.78 is 2.00. The van der Waals surface area contributed by atoms with Crippen molar-refractivity contribution in [3.8, 4) is 0 Å². The van der Waals surface area contributed by atoms with Crippen LogP contribution in [-0.2, 0) is 5.41 Å². The SMILES string of the molecule is Cc1nc(C(C)(C)C)cc2cncn12. The summed E-state index contributed by atoms with van der Waals surface area (Å²) in [6.07, 6.45) is 3.66. The van der Waals surface area contributed by atoms with Crippen LogP contribution in [0.4, 0.5) is 0 Å². The van der Waals surface area contributed by atoms with Crippen LogP contribution >= 0.6 is 0 Å². The standard InChI is InChI=1S/C11H15N3/c1-8-13-10(11(2,3)4)5-9-6-12-7-14(8)9/h5-7H,1-4H3. The lowest BCUT2D eigenvalue weighted by molar-refractivity contribution is 0.564. The highest BCUT2D eigenvalue weighted by Crippen LogP contribution is 2.21. The van der Waals surface area contributed by atoms with Gasteiger partial charge in [-0.3, -0.25) is 4.40 Å². The van der Waals surface area contributed by atoms with Gasteiger partial charge in [-0.1, -0.05) is 20.8 Å². The highest BCUT2D eigenvalue weighted by Gasteiger charge is 2.16. The van der Waals surface area contributed by atoms with Crippen LogP contribution in [0.3, 0.4) is 0 Å². The fraction of sp³-hybridized carbons (Fsp3) is 0.455. The summed E-state index contributed by atoms with van der Waals surface area (Å²) >= 11 is 0. The van der Waals surface area contributed by atoms with Gasteiger partial charge in [0.05, 0.1) is 11.7 Å². The Morgan fingerprint density at radius 1 is 1.29 bits per heavy atom. The maximum atomic E-state index is 4.57. The van der Waals surface area contributed by atoms with Crippen molar-refractivity contribution in [2.24, 2.45) is 0 Å². The zero-order valence-electron chi connectivity index (χ0n) is 9.07. The van der Waals surface area contributed by atoms with Crippen LogP contribution in [0.1, 0.15) is 32.3 Å². The van der Waals surface area contributed by atoms with Crippen molar-refractivity contribution >= 4 is 5.52 Å². The third-order valence-electron chi connectivity index (χ3n) is 2.35. The van der Waals surface area contributed by atoms with Crippen LogP contribution in [0, 0.1) is 6.92 Å². The Kier molecular flexibility index (Phi) is 1.84. The molecule has 3 nitrogen and oxygen atoms in total. The molecule has 2 heterocycles. The fourth-order valence-corrected chi connectivity index (χ4v) is 1.47. The van der Waals surface area contributed by atoms with Crippen molar-refractivity contribution in [1.82, 2.24) is 14.4 Å². The summed E-state index contributed by atoms with van der Waals surface area (Å²) in [5.41, 5.74) is 2.32. The fourth-order valence-electron chi connectivity index (χ4n) is 1.47. The predicted molar refractivity (Wildman–Crippen MR) is 56.4 cm³/mol. The molecule has 2 aromatic rings. The lowest BCUT2D eigenvalue weighted by Gasteiger charge is -2.18. The van der Waals surface area contributed by atoms with Crippen LogP contribution in [0.25, 0.3) is 5.52 Å². The van der Waals surface area contributed by atoms with Crippen LogP contribution in [0.15, 0.2) is 18.6 Å². The molecule has 0 atom stereocenters. The molecule has 0 saturated carbocycles. The van der Waals surface area contributed by atoms with Gasteiger partial charge in [-0.05, 0) is 13.0 Å². The quantitative estimate of drug-likeness (QED) is 0.636. The largest absolute Gasteiger partial charge is 0.287 e. The minimum Gasteiger partial charge on any atom is -0.287 e. The summed E-state index contributed by atoms with van der Waals surface area (Å²) in [7, 11) is 0. The summed E-state index contributed by atoms with van der Waals surface area (Å²) in [5.74, 6) is 0.991. The van der Waals surface area contributed by atoms with E-state index in [9.17, 15) is 0 Å². The first-order valence-electron chi connectivity index (χ1n) is 4.79. The van der Waals surface area contributed by atoms with E-state index < -0.39 is 0 Å². The van der Waals surface area contributed by atoms with Gasteiger partial charge in [0, 0.05) is 11.1 Å². The second kappa shape index (κ2) is 2.80. The van der Waals surface area contributed by atoms with E-state index in [0.29, 0.717) is 0 Å². The minimum atomic E-state index is 0.0940. The first-order valence-corrected chi connectivity index (χ1v) is 4.79. The molecule has 2 aromatic heterocycles. The monoisotopic (exact) mass is 189 g/mol. The van der Waals surface area contributed by atoms with Crippen LogP contribution in [-0.4, -0.2) is 14.4 Å². The van der Waals surface area contributed by atoms with Gasteiger partial charge >= 0.3 is 0 Å². The molecule has 0 aliphatic heterocycles. The molecule has 0 aromatic carbocycles. The van der Waals surface area contributed by atoms with Gasteiger partial charge in [0.2, 0.25) is 0 Å². The molecule has 0 fully saturated rings. The van der Waals surface area contributed by atoms with E-state index in [-0.39, 0.29) is 5.41 Å². The lowest BCUT2D eigenvalue weighted by Crippen LogP contribution is -2.15. The number of aryl methyl sites for hydroxylation is 1. The molecule has 0 saturated heterocycles. The van der Waals surface area contributed by atoms with Gasteiger partial charge in [0.1, 0.15) is 12.2 Å². The molecular weight excluding hydrogens is 174 g/mol. The first kappa shape index (κ1) is 9.19. The number of nitrogens with zero attached hydrogens (tertiary/aromatic N) is 3. The number of hydrogen-bond donors (Lipinski definition) is 0. The molecular formula is C11H15N3. The molecule has 0 aliphatic carbocycles. The van der Waals surface area contributed by atoms with E-state index in [1.54, 1.807) is 6.33 Å². The average molecular weight is 189 g/mol. The highest BCUT2D eigenvalue weighted by molar-refractivity contribution is 5.47. The zero-order valence-corrected chi connectivity index (χ0v) is 9.07. The Morgan fingerprint density at radius 3 is 2.64 bits per heavy atom. The number of imidazole rings is 1. The van der Waals surface area contributed by atoms with Gasteiger partial charge in [0.25, 0.3) is 0 Å². The van der Waals surface area contributed by atoms with Gasteiger partial charge < -0.3 is 0 Å². The Labute approximate surface area is 83.8 Å². The molecule has 14 heavy (non-hydrogen) atoms. The number of rotatable bonds is 0. The molecule has 0 N–H and O–H groups in total. The number of hydrogen-bond acceptors (Lipinski definition) is 2. The first-order chi connectivity index (χ1) is 6.48. The summed E-state index contributed by atoms with van der Waals surface area (Å²) in [4.78, 5) is 8.68. The molecule has 2 rings (SSSR count). The van der Waals surface area contributed by atoms with E-state index in [4.69, 9.17) is 0 Å². The Balaban J connectivity index is 2.70. The predicted octanol–water partition coefficient (Wildman–Crippen LogP) is 2.34. The van der Waals surface area contributed by atoms with Crippen molar-refractivity contribution < 1.29 is 0 Å². The lowest BCUT2D eigenvalue weighted by atomic mass is 9.92. The van der Waals surface area contributed by atoms with Gasteiger partial charge in [-0.25, -0.2) is 9.97 Å². The highest BCUT2D eigenvalue weighted by atomic mass is 15.0. The molecule has 0 unspecified atom stereocenters. The molecule has 74 valence electrons.